The molecule has 3 rings (SSSR count). The van der Waals surface area contributed by atoms with E-state index in [1.54, 1.807) is 17.6 Å². The van der Waals surface area contributed by atoms with Crippen molar-refractivity contribution in [2.24, 2.45) is 0 Å². The fourth-order valence-corrected chi connectivity index (χ4v) is 4.85. The minimum Gasteiger partial charge on any atom is -0.378 e. The smallest absolute Gasteiger partial charge is 0.233 e. The summed E-state index contributed by atoms with van der Waals surface area (Å²) in [5.41, 5.74) is 0.639. The summed E-state index contributed by atoms with van der Waals surface area (Å²) in [7, 11) is -3.55. The first-order valence-electron chi connectivity index (χ1n) is 9.09. The Hall–Kier alpha value is -1.84. The zero-order valence-corrected chi connectivity index (χ0v) is 17.2. The van der Waals surface area contributed by atoms with Gasteiger partial charge in [0.25, 0.3) is 0 Å². The largest absolute Gasteiger partial charge is 0.378 e. The second-order valence-corrected chi connectivity index (χ2v) is 9.76. The minimum absolute atomic E-state index is 0.0493. The van der Waals surface area contributed by atoms with Gasteiger partial charge in [0, 0.05) is 30.0 Å². The number of amides is 1. The van der Waals surface area contributed by atoms with E-state index in [9.17, 15) is 17.6 Å². The summed E-state index contributed by atoms with van der Waals surface area (Å²) in [5, 5.41) is 5.04. The maximum atomic E-state index is 13.5. The van der Waals surface area contributed by atoms with Crippen molar-refractivity contribution in [3.8, 4) is 0 Å². The highest BCUT2D eigenvalue weighted by Gasteiger charge is 2.28. The Labute approximate surface area is 168 Å². The number of benzene rings is 1. The molecule has 1 fully saturated rings. The summed E-state index contributed by atoms with van der Waals surface area (Å²) in [6, 6.07) is 4.45. The molecule has 2 unspecified atom stereocenters. The Morgan fingerprint density at radius 1 is 1.43 bits per heavy atom. The van der Waals surface area contributed by atoms with E-state index in [2.05, 4.69) is 10.3 Å². The Morgan fingerprint density at radius 3 is 2.86 bits per heavy atom. The zero-order chi connectivity index (χ0) is 20.1. The molecular formula is C19H23FN2O4S2. The standard InChI is InChI=1S/C19H23FN2O4S2/c1-28(24,25)17-6-5-13(10-14(17)12-20)16(11-15-4-2-3-8-26-15)18(23)22-19-21-7-9-27-19/h5-7,9-10,15-16H,2-4,8,11-12H2,1H3,(H,21,22,23). The highest BCUT2D eigenvalue weighted by Crippen LogP contribution is 2.31. The van der Waals surface area contributed by atoms with Crippen LogP contribution in [-0.2, 0) is 26.0 Å². The second-order valence-electron chi connectivity index (χ2n) is 6.88. The molecule has 1 N–H and O–H groups in total. The first-order chi connectivity index (χ1) is 13.4. The summed E-state index contributed by atoms with van der Waals surface area (Å²) in [6.45, 7) is -0.259. The van der Waals surface area contributed by atoms with Crippen molar-refractivity contribution in [1.29, 1.82) is 0 Å². The van der Waals surface area contributed by atoms with E-state index in [4.69, 9.17) is 4.74 Å². The zero-order valence-electron chi connectivity index (χ0n) is 15.6. The molecule has 152 valence electrons. The molecule has 1 aliphatic rings. The summed E-state index contributed by atoms with van der Waals surface area (Å²) >= 11 is 1.31. The SMILES string of the molecule is CS(=O)(=O)c1ccc(C(CC2CCCCO2)C(=O)Nc2nccs2)cc1CF. The number of nitrogens with one attached hydrogen (secondary N) is 1. The van der Waals surface area contributed by atoms with Crippen LogP contribution in [0.2, 0.25) is 0 Å². The van der Waals surface area contributed by atoms with Gasteiger partial charge in [-0.1, -0.05) is 12.1 Å². The van der Waals surface area contributed by atoms with Crippen molar-refractivity contribution in [2.45, 2.75) is 49.3 Å². The van der Waals surface area contributed by atoms with Crippen LogP contribution in [0.4, 0.5) is 9.52 Å². The molecule has 0 aliphatic carbocycles. The highest BCUT2D eigenvalue weighted by atomic mass is 32.2. The van der Waals surface area contributed by atoms with Crippen molar-refractivity contribution in [3.05, 3.63) is 40.9 Å². The number of hydrogen-bond donors (Lipinski definition) is 1. The number of carbonyl (C=O) groups excluding carboxylic acids is 1. The number of sulfone groups is 1. The van der Waals surface area contributed by atoms with Crippen LogP contribution in [0.3, 0.4) is 0 Å². The Bertz CT molecular complexity index is 910. The van der Waals surface area contributed by atoms with Gasteiger partial charge in [0.05, 0.1) is 16.9 Å². The predicted molar refractivity (Wildman–Crippen MR) is 106 cm³/mol. The summed E-state index contributed by atoms with van der Waals surface area (Å²) in [4.78, 5) is 17.0. The van der Waals surface area contributed by atoms with Gasteiger partial charge in [-0.2, -0.15) is 0 Å². The minimum atomic E-state index is -3.55. The quantitative estimate of drug-likeness (QED) is 0.730. The van der Waals surface area contributed by atoms with Crippen molar-refractivity contribution in [1.82, 2.24) is 4.98 Å². The normalized spacial score (nSPS) is 18.6. The molecule has 2 aromatic rings. The van der Waals surface area contributed by atoms with Crippen LogP contribution in [0, 0.1) is 0 Å². The van der Waals surface area contributed by atoms with Crippen LogP contribution in [0.5, 0.6) is 0 Å². The van der Waals surface area contributed by atoms with Crippen molar-refractivity contribution in [3.63, 3.8) is 0 Å². The fourth-order valence-electron chi connectivity index (χ4n) is 3.41. The molecule has 2 heterocycles. The van der Waals surface area contributed by atoms with Crippen LogP contribution in [-0.4, -0.2) is 38.3 Å². The Morgan fingerprint density at radius 2 is 2.25 bits per heavy atom. The average Bonchev–Trinajstić information content (AvgIpc) is 3.18. The van der Waals surface area contributed by atoms with E-state index < -0.39 is 22.4 Å². The molecule has 28 heavy (non-hydrogen) atoms. The topological polar surface area (TPSA) is 85.4 Å². The van der Waals surface area contributed by atoms with Crippen LogP contribution in [0.15, 0.2) is 34.7 Å². The van der Waals surface area contributed by atoms with Gasteiger partial charge in [0.15, 0.2) is 15.0 Å². The molecule has 9 heteroatoms. The number of carbonyl (C=O) groups is 1. The number of halogens is 1. The highest BCUT2D eigenvalue weighted by molar-refractivity contribution is 7.90. The molecule has 0 radical (unpaired) electrons. The molecule has 0 bridgehead atoms. The number of thiazole rings is 1. The lowest BCUT2D eigenvalue weighted by molar-refractivity contribution is -0.118. The fraction of sp³-hybridized carbons (Fsp3) is 0.474. The number of anilines is 1. The third-order valence-electron chi connectivity index (χ3n) is 4.78. The van der Waals surface area contributed by atoms with Gasteiger partial charge in [-0.15, -0.1) is 11.3 Å². The average molecular weight is 427 g/mol. The van der Waals surface area contributed by atoms with Crippen molar-refractivity contribution < 1.29 is 22.3 Å². The Balaban J connectivity index is 1.91. The van der Waals surface area contributed by atoms with Crippen molar-refractivity contribution in [2.75, 3.05) is 18.2 Å². The number of aromatic nitrogens is 1. The third kappa shape index (κ3) is 5.15. The van der Waals surface area contributed by atoms with Gasteiger partial charge in [0.1, 0.15) is 6.67 Å². The molecule has 1 aromatic carbocycles. The van der Waals surface area contributed by atoms with Gasteiger partial charge in [-0.25, -0.2) is 17.8 Å². The number of alkyl halides is 1. The number of ether oxygens (including phenoxy) is 1. The van der Waals surface area contributed by atoms with E-state index in [0.717, 1.165) is 25.5 Å². The third-order valence-corrected chi connectivity index (χ3v) is 6.67. The van der Waals surface area contributed by atoms with E-state index in [-0.39, 0.29) is 22.5 Å². The maximum Gasteiger partial charge on any atom is 0.233 e. The molecule has 1 aliphatic heterocycles. The number of nitrogens with zero attached hydrogens (tertiary/aromatic N) is 1. The first kappa shape index (κ1) is 20.9. The molecule has 1 aromatic heterocycles. The van der Waals surface area contributed by atoms with Crippen LogP contribution in [0.25, 0.3) is 0 Å². The van der Waals surface area contributed by atoms with Gasteiger partial charge >= 0.3 is 0 Å². The van der Waals surface area contributed by atoms with E-state index in [1.165, 1.54) is 23.5 Å². The summed E-state index contributed by atoms with van der Waals surface area (Å²) < 4.78 is 43.1. The van der Waals surface area contributed by atoms with E-state index >= 15 is 0 Å². The summed E-state index contributed by atoms with van der Waals surface area (Å²) in [5.74, 6) is -0.855. The molecule has 2 atom stereocenters. The first-order valence-corrected chi connectivity index (χ1v) is 11.9. The lowest BCUT2D eigenvalue weighted by Gasteiger charge is -2.27. The molecular weight excluding hydrogens is 403 g/mol. The van der Waals surface area contributed by atoms with Gasteiger partial charge in [-0.05, 0) is 37.3 Å². The van der Waals surface area contributed by atoms with E-state index in [1.807, 2.05) is 0 Å². The van der Waals surface area contributed by atoms with Crippen LogP contribution in [0.1, 0.15) is 42.7 Å². The molecule has 0 spiro atoms. The van der Waals surface area contributed by atoms with Crippen LogP contribution >= 0.6 is 11.3 Å². The molecule has 1 amide bonds. The van der Waals surface area contributed by atoms with Gasteiger partial charge in [0.2, 0.25) is 5.91 Å². The predicted octanol–water partition coefficient (Wildman–Crippen LogP) is 3.70. The van der Waals surface area contributed by atoms with Gasteiger partial charge < -0.3 is 10.1 Å². The van der Waals surface area contributed by atoms with Crippen molar-refractivity contribution >= 4 is 32.2 Å². The molecule has 6 nitrogen and oxygen atoms in total. The maximum absolute atomic E-state index is 13.5. The molecule has 0 saturated carbocycles. The number of hydrogen-bond acceptors (Lipinski definition) is 6. The van der Waals surface area contributed by atoms with Gasteiger partial charge in [-0.3, -0.25) is 4.79 Å². The second kappa shape index (κ2) is 9.11. The van der Waals surface area contributed by atoms with E-state index in [0.29, 0.717) is 23.7 Å². The lowest BCUT2D eigenvalue weighted by atomic mass is 9.89. The Kier molecular flexibility index (Phi) is 6.79. The molecule has 1 saturated heterocycles. The number of rotatable bonds is 7. The lowest BCUT2D eigenvalue weighted by Crippen LogP contribution is -2.28. The van der Waals surface area contributed by atoms with Crippen LogP contribution < -0.4 is 5.32 Å². The summed E-state index contributed by atoms with van der Waals surface area (Å²) in [6.07, 6.45) is 5.92. The monoisotopic (exact) mass is 426 g/mol.